The molecule has 1 unspecified atom stereocenters. The highest BCUT2D eigenvalue weighted by Crippen LogP contribution is 2.33. The van der Waals surface area contributed by atoms with E-state index >= 15 is 0 Å². The second-order valence-electron chi connectivity index (χ2n) is 4.97. The predicted octanol–water partition coefficient (Wildman–Crippen LogP) is 2.28. The summed E-state index contributed by atoms with van der Waals surface area (Å²) in [7, 11) is -5.11. The fourth-order valence-electron chi connectivity index (χ4n) is 2.03. The Balaban J connectivity index is 2.82. The summed E-state index contributed by atoms with van der Waals surface area (Å²) in [5.41, 5.74) is 0. The van der Waals surface area contributed by atoms with Crippen LogP contribution in [0.15, 0.2) is 0 Å². The van der Waals surface area contributed by atoms with Gasteiger partial charge >= 0.3 is 21.3 Å². The highest BCUT2D eigenvalue weighted by Gasteiger charge is 2.51. The minimum atomic E-state index is -5.11. The molecule has 1 saturated carbocycles. The first-order valence-corrected chi connectivity index (χ1v) is 7.51. The van der Waals surface area contributed by atoms with Gasteiger partial charge in [-0.2, -0.15) is 12.8 Å². The third-order valence-electron chi connectivity index (χ3n) is 3.22. The summed E-state index contributed by atoms with van der Waals surface area (Å²) in [6, 6.07) is 0. The molecular weight excluding hydrogens is 263 g/mol. The molecule has 0 radical (unpaired) electrons. The Hall–Kier alpha value is -0.690. The van der Waals surface area contributed by atoms with Gasteiger partial charge in [-0.05, 0) is 12.8 Å². The number of rotatable bonds is 4. The van der Waals surface area contributed by atoms with E-state index in [0.717, 1.165) is 19.3 Å². The summed E-state index contributed by atoms with van der Waals surface area (Å²) in [6.45, 7) is 2.45. The maximum Gasteiger partial charge on any atom is 0.379 e. The monoisotopic (exact) mass is 282 g/mol. The van der Waals surface area contributed by atoms with E-state index in [0.29, 0.717) is 12.8 Å². The number of hydrogen-bond donors (Lipinski definition) is 1. The predicted molar refractivity (Wildman–Crippen MR) is 62.9 cm³/mol. The molecule has 0 amide bonds. The number of esters is 1. The lowest BCUT2D eigenvalue weighted by atomic mass is 9.89. The molecule has 0 heterocycles. The van der Waals surface area contributed by atoms with E-state index in [1.54, 1.807) is 0 Å². The van der Waals surface area contributed by atoms with Crippen molar-refractivity contribution >= 4 is 16.1 Å². The molecule has 7 heteroatoms. The van der Waals surface area contributed by atoms with Gasteiger partial charge in [-0.1, -0.05) is 33.1 Å². The molecule has 0 spiro atoms. The van der Waals surface area contributed by atoms with Crippen LogP contribution in [0.4, 0.5) is 4.39 Å². The van der Waals surface area contributed by atoms with Gasteiger partial charge in [-0.3, -0.25) is 9.35 Å². The first-order chi connectivity index (χ1) is 8.18. The van der Waals surface area contributed by atoms with E-state index in [1.165, 1.54) is 13.8 Å². The van der Waals surface area contributed by atoms with Crippen LogP contribution in [-0.4, -0.2) is 24.1 Å². The molecule has 0 aromatic rings. The van der Waals surface area contributed by atoms with Gasteiger partial charge in [-0.15, -0.1) is 0 Å². The van der Waals surface area contributed by atoms with Crippen molar-refractivity contribution in [2.24, 2.45) is 11.8 Å². The Labute approximate surface area is 106 Å². The quantitative estimate of drug-likeness (QED) is 0.632. The lowest BCUT2D eigenvalue weighted by Gasteiger charge is -2.28. The SMILES string of the molecule is CC(C)C(F)(OC(=O)C1CCCCC1)S(=O)(=O)O. The van der Waals surface area contributed by atoms with Crippen molar-refractivity contribution in [2.45, 2.75) is 51.1 Å². The zero-order valence-corrected chi connectivity index (χ0v) is 11.4. The summed E-state index contributed by atoms with van der Waals surface area (Å²) in [6.07, 6.45) is 3.82. The number of ether oxygens (including phenoxy) is 1. The van der Waals surface area contributed by atoms with Crippen LogP contribution in [0.3, 0.4) is 0 Å². The van der Waals surface area contributed by atoms with Crippen LogP contribution in [-0.2, 0) is 19.6 Å². The molecule has 1 aliphatic carbocycles. The van der Waals surface area contributed by atoms with Crippen LogP contribution in [0, 0.1) is 11.8 Å². The Morgan fingerprint density at radius 2 is 1.83 bits per heavy atom. The van der Waals surface area contributed by atoms with E-state index in [2.05, 4.69) is 4.74 Å². The number of hydrogen-bond acceptors (Lipinski definition) is 4. The normalized spacial score (nSPS) is 21.6. The van der Waals surface area contributed by atoms with Crippen LogP contribution in [0.25, 0.3) is 0 Å². The van der Waals surface area contributed by atoms with E-state index in [-0.39, 0.29) is 0 Å². The number of carbonyl (C=O) groups excluding carboxylic acids is 1. The van der Waals surface area contributed by atoms with Crippen molar-refractivity contribution in [3.8, 4) is 0 Å². The van der Waals surface area contributed by atoms with E-state index < -0.39 is 33.1 Å². The molecule has 0 aliphatic heterocycles. The summed E-state index contributed by atoms with van der Waals surface area (Å²) in [5.74, 6) is -2.54. The van der Waals surface area contributed by atoms with Gasteiger partial charge in [0.2, 0.25) is 0 Å². The second kappa shape index (κ2) is 5.52. The number of alkyl halides is 1. The van der Waals surface area contributed by atoms with Crippen molar-refractivity contribution in [1.82, 2.24) is 0 Å². The molecule has 1 N–H and O–H groups in total. The summed E-state index contributed by atoms with van der Waals surface area (Å²) >= 11 is 0. The van der Waals surface area contributed by atoms with Gasteiger partial charge < -0.3 is 4.74 Å². The summed E-state index contributed by atoms with van der Waals surface area (Å²) in [5, 5.41) is -3.36. The topological polar surface area (TPSA) is 80.7 Å². The molecule has 0 bridgehead atoms. The summed E-state index contributed by atoms with van der Waals surface area (Å²) in [4.78, 5) is 11.7. The molecule has 1 rings (SSSR count). The first-order valence-electron chi connectivity index (χ1n) is 6.07. The lowest BCUT2D eigenvalue weighted by Crippen LogP contribution is -2.44. The third-order valence-corrected chi connectivity index (χ3v) is 4.48. The fourth-order valence-corrected chi connectivity index (χ4v) is 2.81. The molecule has 0 saturated heterocycles. The van der Waals surface area contributed by atoms with Crippen molar-refractivity contribution in [1.29, 1.82) is 0 Å². The second-order valence-corrected chi connectivity index (χ2v) is 6.48. The zero-order valence-electron chi connectivity index (χ0n) is 10.6. The smallest absolute Gasteiger partial charge is 0.379 e. The van der Waals surface area contributed by atoms with Crippen LogP contribution < -0.4 is 0 Å². The van der Waals surface area contributed by atoms with Crippen LogP contribution in [0.5, 0.6) is 0 Å². The highest BCUT2D eigenvalue weighted by atomic mass is 32.2. The van der Waals surface area contributed by atoms with E-state index in [1.807, 2.05) is 0 Å². The van der Waals surface area contributed by atoms with Gasteiger partial charge in [0.1, 0.15) is 0 Å². The lowest BCUT2D eigenvalue weighted by molar-refractivity contribution is -0.178. The standard InChI is InChI=1S/C11H19FO5S/c1-8(2)11(12,18(14,15)16)17-10(13)9-6-4-3-5-7-9/h8-9H,3-7H2,1-2H3,(H,14,15,16). The Morgan fingerprint density at radius 3 is 2.22 bits per heavy atom. The molecule has 5 nitrogen and oxygen atoms in total. The maximum atomic E-state index is 14.1. The van der Waals surface area contributed by atoms with E-state index in [4.69, 9.17) is 4.55 Å². The number of halogens is 1. The molecular formula is C11H19FO5S. The molecule has 106 valence electrons. The number of carbonyl (C=O) groups is 1. The minimum Gasteiger partial charge on any atom is -0.412 e. The molecule has 1 atom stereocenters. The van der Waals surface area contributed by atoms with Gasteiger partial charge in [0.15, 0.2) is 0 Å². The molecule has 0 aromatic heterocycles. The fraction of sp³-hybridized carbons (Fsp3) is 0.909. The Bertz CT molecular complexity index is 400. The third kappa shape index (κ3) is 3.20. The van der Waals surface area contributed by atoms with Crippen molar-refractivity contribution < 1.29 is 26.9 Å². The molecule has 1 fully saturated rings. The summed E-state index contributed by atoms with van der Waals surface area (Å²) < 4.78 is 49.5. The van der Waals surface area contributed by atoms with Crippen LogP contribution in [0.2, 0.25) is 0 Å². The highest BCUT2D eigenvalue weighted by molar-refractivity contribution is 7.86. The molecule has 1 aliphatic rings. The Morgan fingerprint density at radius 1 is 1.33 bits per heavy atom. The van der Waals surface area contributed by atoms with Crippen LogP contribution in [0.1, 0.15) is 46.0 Å². The maximum absolute atomic E-state index is 14.1. The van der Waals surface area contributed by atoms with E-state index in [9.17, 15) is 17.6 Å². The van der Waals surface area contributed by atoms with Crippen molar-refractivity contribution in [3.63, 3.8) is 0 Å². The largest absolute Gasteiger partial charge is 0.412 e. The molecule has 18 heavy (non-hydrogen) atoms. The first kappa shape index (κ1) is 15.4. The molecule has 0 aromatic carbocycles. The van der Waals surface area contributed by atoms with Gasteiger partial charge in [-0.25, -0.2) is 0 Å². The average molecular weight is 282 g/mol. The van der Waals surface area contributed by atoms with Crippen molar-refractivity contribution in [2.75, 3.05) is 0 Å². The van der Waals surface area contributed by atoms with Gasteiger partial charge in [0, 0.05) is 5.92 Å². The van der Waals surface area contributed by atoms with Gasteiger partial charge in [0.05, 0.1) is 5.92 Å². The minimum absolute atomic E-state index is 0.477. The zero-order chi connectivity index (χ0) is 14.0. The van der Waals surface area contributed by atoms with Crippen molar-refractivity contribution in [3.05, 3.63) is 0 Å². The van der Waals surface area contributed by atoms with Gasteiger partial charge in [0.25, 0.3) is 0 Å². The van der Waals surface area contributed by atoms with Crippen LogP contribution >= 0.6 is 0 Å². The average Bonchev–Trinajstić information content (AvgIpc) is 2.28. The Kier molecular flexibility index (Phi) is 4.72.